The van der Waals surface area contributed by atoms with Crippen LogP contribution in [-0.2, 0) is 32.7 Å². The molecule has 3 N–H and O–H groups in total. The molecular weight excluding hydrogens is 665 g/mol. The second-order valence-corrected chi connectivity index (χ2v) is 14.6. The smallest absolute Gasteiger partial charge is 0.462 e. The van der Waals surface area contributed by atoms with Gasteiger partial charge in [-0.25, -0.2) is 4.57 Å². The van der Waals surface area contributed by atoms with Crippen molar-refractivity contribution in [2.24, 2.45) is 5.73 Å². The Morgan fingerprint density at radius 3 is 1.49 bits per heavy atom. The molecule has 0 aromatic carbocycles. The number of carbonyl (C=O) groups is 2. The first-order valence-electron chi connectivity index (χ1n) is 20.1. The van der Waals surface area contributed by atoms with E-state index in [1.54, 1.807) is 0 Å². The molecule has 0 aliphatic rings. The zero-order valence-corrected chi connectivity index (χ0v) is 33.2. The molecule has 0 spiro atoms. The van der Waals surface area contributed by atoms with Crippen LogP contribution in [0.2, 0.25) is 0 Å². The average molecular weight is 740 g/mol. The van der Waals surface area contributed by atoms with E-state index in [0.717, 1.165) is 51.4 Å². The number of nitrogens with two attached hydrogens (primary N) is 1. The molecule has 0 aliphatic carbocycles. The van der Waals surface area contributed by atoms with Gasteiger partial charge in [-0.2, -0.15) is 0 Å². The molecule has 51 heavy (non-hydrogen) atoms. The Labute approximate surface area is 311 Å². The molecule has 0 saturated carbocycles. The third kappa shape index (κ3) is 37.5. The lowest BCUT2D eigenvalue weighted by molar-refractivity contribution is -0.161. The summed E-state index contributed by atoms with van der Waals surface area (Å²) < 4.78 is 32.6. The molecule has 2 atom stereocenters. The Hall–Kier alpha value is -2.03. The van der Waals surface area contributed by atoms with E-state index in [0.29, 0.717) is 12.8 Å². The van der Waals surface area contributed by atoms with Gasteiger partial charge < -0.3 is 20.1 Å². The summed E-state index contributed by atoms with van der Waals surface area (Å²) in [5, 5.41) is 0. The topological polar surface area (TPSA) is 134 Å². The minimum atomic E-state index is -4.39. The monoisotopic (exact) mass is 740 g/mol. The van der Waals surface area contributed by atoms with Crippen molar-refractivity contribution < 1.29 is 37.6 Å². The van der Waals surface area contributed by atoms with Crippen molar-refractivity contribution in [1.29, 1.82) is 0 Å². The van der Waals surface area contributed by atoms with E-state index in [1.165, 1.54) is 77.0 Å². The first-order valence-corrected chi connectivity index (χ1v) is 21.6. The van der Waals surface area contributed by atoms with E-state index >= 15 is 0 Å². The number of hydrogen-bond donors (Lipinski definition) is 2. The zero-order chi connectivity index (χ0) is 37.5. The van der Waals surface area contributed by atoms with Crippen molar-refractivity contribution in [3.63, 3.8) is 0 Å². The van der Waals surface area contributed by atoms with E-state index in [1.807, 2.05) is 0 Å². The highest BCUT2D eigenvalue weighted by Crippen LogP contribution is 2.43. The maximum Gasteiger partial charge on any atom is 0.472 e. The second kappa shape index (κ2) is 37.7. The van der Waals surface area contributed by atoms with Gasteiger partial charge in [-0.05, 0) is 77.0 Å². The summed E-state index contributed by atoms with van der Waals surface area (Å²) in [7, 11) is -4.39. The highest BCUT2D eigenvalue weighted by atomic mass is 31.2. The number of esters is 2. The number of unbranched alkanes of at least 4 members (excludes halogenated alkanes) is 16. The fraction of sp³-hybridized carbons (Fsp3) is 0.756. The molecule has 0 heterocycles. The fourth-order valence-electron chi connectivity index (χ4n) is 5.16. The van der Waals surface area contributed by atoms with Crippen LogP contribution in [0.1, 0.15) is 168 Å². The van der Waals surface area contributed by atoms with Crippen molar-refractivity contribution in [3.8, 4) is 0 Å². The number of allylic oxidation sites excluding steroid dienone is 8. The van der Waals surface area contributed by atoms with Gasteiger partial charge in [0.05, 0.1) is 13.2 Å². The molecule has 296 valence electrons. The van der Waals surface area contributed by atoms with Gasteiger partial charge in [0.15, 0.2) is 6.10 Å². The summed E-state index contributed by atoms with van der Waals surface area (Å²) in [5.74, 6) is -0.908. The van der Waals surface area contributed by atoms with E-state index in [2.05, 4.69) is 62.5 Å². The number of phosphoric acid groups is 1. The molecular formula is C41H74NO8P. The molecule has 9 nitrogen and oxygen atoms in total. The van der Waals surface area contributed by atoms with Crippen molar-refractivity contribution >= 4 is 19.8 Å². The van der Waals surface area contributed by atoms with Gasteiger partial charge in [-0.1, -0.05) is 127 Å². The first-order chi connectivity index (χ1) is 24.8. The minimum Gasteiger partial charge on any atom is -0.462 e. The van der Waals surface area contributed by atoms with Crippen LogP contribution in [0.15, 0.2) is 48.6 Å². The average Bonchev–Trinajstić information content (AvgIpc) is 3.11. The van der Waals surface area contributed by atoms with Crippen LogP contribution in [0.4, 0.5) is 0 Å². The van der Waals surface area contributed by atoms with Gasteiger partial charge in [0.2, 0.25) is 0 Å². The second-order valence-electron chi connectivity index (χ2n) is 13.1. The minimum absolute atomic E-state index is 0.0429. The predicted octanol–water partition coefficient (Wildman–Crippen LogP) is 11.2. The molecule has 0 bridgehead atoms. The van der Waals surface area contributed by atoms with Gasteiger partial charge in [-0.15, -0.1) is 0 Å². The SMILES string of the molecule is CCCCCCCC/C=C/C/C=C/CCCCC(=O)OC[C@H](COP(=O)(O)OCCN)OC(=O)CCCC/C=C/C/C=C/CCCCCCCC. The van der Waals surface area contributed by atoms with Crippen LogP contribution in [0.5, 0.6) is 0 Å². The third-order valence-electron chi connectivity index (χ3n) is 8.19. The number of carbonyl (C=O) groups excluding carboxylic acids is 2. The normalized spacial score (nSPS) is 13.9. The van der Waals surface area contributed by atoms with Gasteiger partial charge in [0.25, 0.3) is 0 Å². The van der Waals surface area contributed by atoms with Crippen LogP contribution < -0.4 is 5.73 Å². The standard InChI is InChI=1S/C41H74NO8P/c1-3-5-7-9-11-13-15-17-19-21-23-25-27-29-31-33-40(43)47-37-39(38-49-51(45,46)48-36-35-42)50-41(44)34-32-30-28-26-24-22-20-18-16-14-12-10-8-6-4-2/h17-20,23-26,39H,3-16,21-22,27-38,42H2,1-2H3,(H,45,46)/b19-17+,20-18+,25-23+,26-24+/t39-/m1/s1. The maximum atomic E-state index is 12.5. The lowest BCUT2D eigenvalue weighted by Crippen LogP contribution is -2.29. The molecule has 0 aliphatic heterocycles. The van der Waals surface area contributed by atoms with Gasteiger partial charge in [-0.3, -0.25) is 18.6 Å². The Bertz CT molecular complexity index is 981. The summed E-state index contributed by atoms with van der Waals surface area (Å²) in [6, 6.07) is 0. The van der Waals surface area contributed by atoms with Gasteiger partial charge in [0, 0.05) is 19.4 Å². The first kappa shape index (κ1) is 49.0. The van der Waals surface area contributed by atoms with Crippen LogP contribution in [-0.4, -0.2) is 49.3 Å². The van der Waals surface area contributed by atoms with E-state index in [4.69, 9.17) is 24.3 Å². The largest absolute Gasteiger partial charge is 0.472 e. The molecule has 0 radical (unpaired) electrons. The molecule has 0 amide bonds. The van der Waals surface area contributed by atoms with E-state index < -0.39 is 32.5 Å². The Morgan fingerprint density at radius 1 is 0.588 bits per heavy atom. The number of ether oxygens (including phenoxy) is 2. The molecule has 0 aromatic rings. The zero-order valence-electron chi connectivity index (χ0n) is 32.3. The quantitative estimate of drug-likeness (QED) is 0.0276. The molecule has 0 fully saturated rings. The fourth-order valence-corrected chi connectivity index (χ4v) is 5.93. The number of rotatable bonds is 37. The summed E-state index contributed by atoms with van der Waals surface area (Å²) in [6.45, 7) is 3.63. The summed E-state index contributed by atoms with van der Waals surface area (Å²) in [6.07, 6.45) is 41.5. The maximum absolute atomic E-state index is 12.5. The lowest BCUT2D eigenvalue weighted by atomic mass is 10.1. The van der Waals surface area contributed by atoms with Crippen molar-refractivity contribution in [2.45, 2.75) is 174 Å². The molecule has 1 unspecified atom stereocenters. The number of hydrogen-bond acceptors (Lipinski definition) is 8. The third-order valence-corrected chi connectivity index (χ3v) is 9.17. The van der Waals surface area contributed by atoms with Gasteiger partial charge in [0.1, 0.15) is 6.61 Å². The van der Waals surface area contributed by atoms with Crippen molar-refractivity contribution in [2.75, 3.05) is 26.4 Å². The van der Waals surface area contributed by atoms with Crippen LogP contribution in [0.3, 0.4) is 0 Å². The molecule has 10 heteroatoms. The molecule has 0 saturated heterocycles. The Morgan fingerprint density at radius 2 is 1.02 bits per heavy atom. The summed E-state index contributed by atoms with van der Waals surface area (Å²) >= 11 is 0. The predicted molar refractivity (Wildman–Crippen MR) is 210 cm³/mol. The summed E-state index contributed by atoms with van der Waals surface area (Å²) in [4.78, 5) is 34.7. The lowest BCUT2D eigenvalue weighted by Gasteiger charge is -2.19. The summed E-state index contributed by atoms with van der Waals surface area (Å²) in [5.41, 5.74) is 5.33. The highest BCUT2D eigenvalue weighted by molar-refractivity contribution is 7.47. The van der Waals surface area contributed by atoms with Gasteiger partial charge >= 0.3 is 19.8 Å². The Kier molecular flexibility index (Phi) is 36.2. The van der Waals surface area contributed by atoms with Crippen LogP contribution in [0, 0.1) is 0 Å². The van der Waals surface area contributed by atoms with E-state index in [-0.39, 0.29) is 32.6 Å². The van der Waals surface area contributed by atoms with Crippen molar-refractivity contribution in [3.05, 3.63) is 48.6 Å². The Balaban J connectivity index is 4.32. The number of phosphoric ester groups is 1. The molecule has 0 rings (SSSR count). The highest BCUT2D eigenvalue weighted by Gasteiger charge is 2.25. The van der Waals surface area contributed by atoms with Crippen molar-refractivity contribution in [1.82, 2.24) is 0 Å². The van der Waals surface area contributed by atoms with E-state index in [9.17, 15) is 19.0 Å². The molecule has 0 aromatic heterocycles. The van der Waals surface area contributed by atoms with Crippen LogP contribution >= 0.6 is 7.82 Å². The van der Waals surface area contributed by atoms with Crippen LogP contribution in [0.25, 0.3) is 0 Å².